The summed E-state index contributed by atoms with van der Waals surface area (Å²) in [5.41, 5.74) is 5.93. The number of rotatable bonds is 3. The lowest BCUT2D eigenvalue weighted by Crippen LogP contribution is -2.44. The summed E-state index contributed by atoms with van der Waals surface area (Å²) in [6.45, 7) is 9.67. The summed E-state index contributed by atoms with van der Waals surface area (Å²) < 4.78 is 0. The van der Waals surface area contributed by atoms with Crippen LogP contribution < -0.4 is 5.73 Å². The standard InChI is InChI=1S/C15H30N2/c1-12-7-13(2)10-17(9-12)11-15-6-4-3-5-14(15)8-16/h12-15H,3-11,16H2,1-2H3. The van der Waals surface area contributed by atoms with Gasteiger partial charge in [-0.15, -0.1) is 0 Å². The monoisotopic (exact) mass is 238 g/mol. The maximum Gasteiger partial charge on any atom is 0.00130 e. The number of hydrogen-bond donors (Lipinski definition) is 1. The van der Waals surface area contributed by atoms with Crippen LogP contribution in [0.2, 0.25) is 0 Å². The van der Waals surface area contributed by atoms with Crippen molar-refractivity contribution in [2.45, 2.75) is 46.0 Å². The van der Waals surface area contributed by atoms with Crippen LogP contribution in [0, 0.1) is 23.7 Å². The molecular formula is C15H30N2. The summed E-state index contributed by atoms with van der Waals surface area (Å²) in [6.07, 6.45) is 7.05. The zero-order chi connectivity index (χ0) is 12.3. The van der Waals surface area contributed by atoms with E-state index in [0.29, 0.717) is 0 Å². The molecule has 0 aromatic heterocycles. The molecule has 2 N–H and O–H groups in total. The van der Waals surface area contributed by atoms with Crippen LogP contribution in [0.3, 0.4) is 0 Å². The van der Waals surface area contributed by atoms with E-state index >= 15 is 0 Å². The second-order valence-corrected chi connectivity index (χ2v) is 6.70. The third-order valence-corrected chi connectivity index (χ3v) is 4.81. The Morgan fingerprint density at radius 2 is 1.59 bits per heavy atom. The van der Waals surface area contributed by atoms with Gasteiger partial charge in [0.2, 0.25) is 0 Å². The third kappa shape index (κ3) is 3.69. The molecule has 0 radical (unpaired) electrons. The van der Waals surface area contributed by atoms with Crippen molar-refractivity contribution in [3.63, 3.8) is 0 Å². The number of hydrogen-bond acceptors (Lipinski definition) is 2. The van der Waals surface area contributed by atoms with Crippen LogP contribution in [0.4, 0.5) is 0 Å². The van der Waals surface area contributed by atoms with E-state index in [1.54, 1.807) is 0 Å². The van der Waals surface area contributed by atoms with Gasteiger partial charge in [-0.05, 0) is 49.5 Å². The van der Waals surface area contributed by atoms with Gasteiger partial charge in [0.15, 0.2) is 0 Å². The molecule has 2 aliphatic rings. The van der Waals surface area contributed by atoms with Gasteiger partial charge in [-0.3, -0.25) is 0 Å². The minimum atomic E-state index is 0.802. The Bertz CT molecular complexity index is 219. The number of piperidine rings is 1. The highest BCUT2D eigenvalue weighted by molar-refractivity contribution is 4.82. The summed E-state index contributed by atoms with van der Waals surface area (Å²) in [5.74, 6) is 3.46. The molecule has 1 heterocycles. The highest BCUT2D eigenvalue weighted by Gasteiger charge is 2.28. The quantitative estimate of drug-likeness (QED) is 0.819. The topological polar surface area (TPSA) is 29.3 Å². The number of nitrogens with two attached hydrogens (primary N) is 1. The summed E-state index contributed by atoms with van der Waals surface area (Å²) >= 11 is 0. The van der Waals surface area contributed by atoms with Crippen molar-refractivity contribution in [3.8, 4) is 0 Å². The summed E-state index contributed by atoms with van der Waals surface area (Å²) in [6, 6.07) is 0. The van der Waals surface area contributed by atoms with E-state index in [1.165, 1.54) is 51.7 Å². The third-order valence-electron chi connectivity index (χ3n) is 4.81. The van der Waals surface area contributed by atoms with Gasteiger partial charge in [-0.2, -0.15) is 0 Å². The molecule has 0 bridgehead atoms. The maximum atomic E-state index is 5.93. The van der Waals surface area contributed by atoms with Crippen molar-refractivity contribution in [3.05, 3.63) is 0 Å². The highest BCUT2D eigenvalue weighted by Crippen LogP contribution is 2.31. The smallest absolute Gasteiger partial charge is 0.00130 e. The lowest BCUT2D eigenvalue weighted by Gasteiger charge is -2.40. The molecule has 0 amide bonds. The molecule has 0 aromatic rings. The van der Waals surface area contributed by atoms with Gasteiger partial charge in [0.1, 0.15) is 0 Å². The molecule has 2 heteroatoms. The first-order valence-electron chi connectivity index (χ1n) is 7.61. The van der Waals surface area contributed by atoms with Crippen LogP contribution in [0.15, 0.2) is 0 Å². The van der Waals surface area contributed by atoms with Crippen molar-refractivity contribution in [1.82, 2.24) is 4.90 Å². The fourth-order valence-corrected chi connectivity index (χ4v) is 4.11. The van der Waals surface area contributed by atoms with E-state index in [2.05, 4.69) is 18.7 Å². The van der Waals surface area contributed by atoms with Crippen molar-refractivity contribution >= 4 is 0 Å². The van der Waals surface area contributed by atoms with E-state index in [-0.39, 0.29) is 0 Å². The molecule has 4 unspecified atom stereocenters. The van der Waals surface area contributed by atoms with Crippen LogP contribution >= 0.6 is 0 Å². The molecule has 2 fully saturated rings. The Morgan fingerprint density at radius 1 is 1.00 bits per heavy atom. The molecule has 1 aliphatic heterocycles. The second-order valence-electron chi connectivity index (χ2n) is 6.70. The maximum absolute atomic E-state index is 5.93. The molecule has 1 aliphatic carbocycles. The van der Waals surface area contributed by atoms with Crippen molar-refractivity contribution < 1.29 is 0 Å². The first-order chi connectivity index (χ1) is 8.19. The predicted octanol–water partition coefficient (Wildman–Crippen LogP) is 2.73. The largest absolute Gasteiger partial charge is 0.330 e. The Balaban J connectivity index is 1.85. The number of likely N-dealkylation sites (tertiary alicyclic amines) is 1. The second kappa shape index (κ2) is 6.19. The van der Waals surface area contributed by atoms with Gasteiger partial charge in [0.25, 0.3) is 0 Å². The molecule has 4 atom stereocenters. The first kappa shape index (κ1) is 13.4. The zero-order valence-corrected chi connectivity index (χ0v) is 11.7. The average Bonchev–Trinajstić information content (AvgIpc) is 2.28. The molecule has 1 saturated carbocycles. The van der Waals surface area contributed by atoms with Gasteiger partial charge < -0.3 is 10.6 Å². The van der Waals surface area contributed by atoms with Gasteiger partial charge in [-0.25, -0.2) is 0 Å². The van der Waals surface area contributed by atoms with E-state index < -0.39 is 0 Å². The van der Waals surface area contributed by atoms with E-state index in [0.717, 1.165) is 30.2 Å². The van der Waals surface area contributed by atoms with Gasteiger partial charge in [0.05, 0.1) is 0 Å². The molecule has 17 heavy (non-hydrogen) atoms. The first-order valence-corrected chi connectivity index (χ1v) is 7.61. The van der Waals surface area contributed by atoms with Gasteiger partial charge >= 0.3 is 0 Å². The predicted molar refractivity (Wildman–Crippen MR) is 73.9 cm³/mol. The van der Waals surface area contributed by atoms with Gasteiger partial charge in [-0.1, -0.05) is 26.7 Å². The lowest BCUT2D eigenvalue weighted by atomic mass is 9.78. The Labute approximate surface area is 107 Å². The molecule has 1 saturated heterocycles. The molecule has 0 spiro atoms. The molecule has 0 aromatic carbocycles. The molecule has 2 rings (SSSR count). The SMILES string of the molecule is CC1CC(C)CN(CC2CCCCC2CN)C1. The van der Waals surface area contributed by atoms with Crippen LogP contribution in [0.5, 0.6) is 0 Å². The van der Waals surface area contributed by atoms with Gasteiger partial charge in [0, 0.05) is 19.6 Å². The van der Waals surface area contributed by atoms with E-state index in [9.17, 15) is 0 Å². The fraction of sp³-hybridized carbons (Fsp3) is 1.00. The van der Waals surface area contributed by atoms with Crippen LogP contribution in [-0.4, -0.2) is 31.1 Å². The van der Waals surface area contributed by atoms with Crippen molar-refractivity contribution in [1.29, 1.82) is 0 Å². The summed E-state index contributed by atoms with van der Waals surface area (Å²) in [5, 5.41) is 0. The fourth-order valence-electron chi connectivity index (χ4n) is 4.11. The van der Waals surface area contributed by atoms with E-state index in [4.69, 9.17) is 5.73 Å². The Hall–Kier alpha value is -0.0800. The van der Waals surface area contributed by atoms with Crippen molar-refractivity contribution in [2.24, 2.45) is 29.4 Å². The minimum Gasteiger partial charge on any atom is -0.330 e. The lowest BCUT2D eigenvalue weighted by molar-refractivity contribution is 0.0924. The Morgan fingerprint density at radius 3 is 2.18 bits per heavy atom. The average molecular weight is 238 g/mol. The number of nitrogens with zero attached hydrogens (tertiary/aromatic N) is 1. The Kier molecular flexibility index (Phi) is 4.87. The summed E-state index contributed by atoms with van der Waals surface area (Å²) in [7, 11) is 0. The normalized spacial score (nSPS) is 40.4. The molecule has 100 valence electrons. The van der Waals surface area contributed by atoms with E-state index in [1.807, 2.05) is 0 Å². The molecule has 2 nitrogen and oxygen atoms in total. The van der Waals surface area contributed by atoms with Crippen LogP contribution in [0.25, 0.3) is 0 Å². The van der Waals surface area contributed by atoms with Crippen molar-refractivity contribution in [2.75, 3.05) is 26.2 Å². The minimum absolute atomic E-state index is 0.802. The molecular weight excluding hydrogens is 208 g/mol. The summed E-state index contributed by atoms with van der Waals surface area (Å²) in [4.78, 5) is 2.72. The highest BCUT2D eigenvalue weighted by atomic mass is 15.1. The van der Waals surface area contributed by atoms with Crippen LogP contribution in [-0.2, 0) is 0 Å². The van der Waals surface area contributed by atoms with Crippen LogP contribution in [0.1, 0.15) is 46.0 Å². The zero-order valence-electron chi connectivity index (χ0n) is 11.7.